The van der Waals surface area contributed by atoms with Gasteiger partial charge in [-0.3, -0.25) is 4.79 Å². The second-order valence-electron chi connectivity index (χ2n) is 6.25. The number of carbonyl (C=O) groups excluding carboxylic acids is 1. The number of rotatable bonds is 8. The molecule has 3 aromatic rings. The van der Waals surface area contributed by atoms with Crippen LogP contribution in [0.25, 0.3) is 11.1 Å². The molecule has 0 bridgehead atoms. The van der Waals surface area contributed by atoms with Crippen molar-refractivity contribution < 1.29 is 24.1 Å². The Morgan fingerprint density at radius 1 is 0.967 bits per heavy atom. The summed E-state index contributed by atoms with van der Waals surface area (Å²) in [5, 5.41) is 13.8. The number of nitrogens with one attached hydrogen (secondary N) is 1. The van der Waals surface area contributed by atoms with Crippen molar-refractivity contribution in [3.63, 3.8) is 0 Å². The van der Waals surface area contributed by atoms with Crippen molar-refractivity contribution in [1.29, 1.82) is 0 Å². The highest BCUT2D eigenvalue weighted by Crippen LogP contribution is 2.36. The molecule has 0 saturated carbocycles. The summed E-state index contributed by atoms with van der Waals surface area (Å²) < 4.78 is 15.7. The molecule has 2 N–H and O–H groups in total. The molecule has 0 heterocycles. The van der Waals surface area contributed by atoms with E-state index in [4.69, 9.17) is 14.2 Å². The van der Waals surface area contributed by atoms with Gasteiger partial charge in [-0.25, -0.2) is 5.43 Å². The van der Waals surface area contributed by atoms with Crippen LogP contribution in [0.2, 0.25) is 0 Å². The number of hydrogen-bond donors (Lipinski definition) is 2. The van der Waals surface area contributed by atoms with Gasteiger partial charge >= 0.3 is 0 Å². The van der Waals surface area contributed by atoms with Crippen molar-refractivity contribution in [3.05, 3.63) is 72.3 Å². The number of benzene rings is 3. The number of phenols is 1. The third kappa shape index (κ3) is 5.29. The SMILES string of the molecule is COc1cc(/C=N\NC(=O)COc2ccc(-c3ccccc3)cc2)cc(OC)c1O. The molecule has 0 aliphatic heterocycles. The van der Waals surface area contributed by atoms with Crippen LogP contribution in [0.3, 0.4) is 0 Å². The van der Waals surface area contributed by atoms with E-state index >= 15 is 0 Å². The van der Waals surface area contributed by atoms with Gasteiger partial charge in [0.15, 0.2) is 18.1 Å². The first-order valence-electron chi connectivity index (χ1n) is 9.16. The molecule has 1 amide bonds. The van der Waals surface area contributed by atoms with Crippen LogP contribution in [-0.4, -0.2) is 38.1 Å². The van der Waals surface area contributed by atoms with E-state index in [0.29, 0.717) is 11.3 Å². The largest absolute Gasteiger partial charge is 0.502 e. The number of nitrogens with zero attached hydrogens (tertiary/aromatic N) is 1. The number of carbonyl (C=O) groups is 1. The summed E-state index contributed by atoms with van der Waals surface area (Å²) in [5.41, 5.74) is 5.15. The molecule has 0 fully saturated rings. The van der Waals surface area contributed by atoms with Gasteiger partial charge < -0.3 is 19.3 Å². The average molecular weight is 406 g/mol. The second-order valence-corrected chi connectivity index (χ2v) is 6.25. The zero-order valence-corrected chi connectivity index (χ0v) is 16.7. The molecule has 7 nitrogen and oxygen atoms in total. The third-order valence-electron chi connectivity index (χ3n) is 4.24. The molecule has 0 atom stereocenters. The summed E-state index contributed by atoms with van der Waals surface area (Å²) in [7, 11) is 2.86. The first-order chi connectivity index (χ1) is 14.6. The maximum atomic E-state index is 12.0. The monoisotopic (exact) mass is 406 g/mol. The normalized spacial score (nSPS) is 10.6. The Hall–Kier alpha value is -4.00. The minimum absolute atomic E-state index is 0.104. The quantitative estimate of drug-likeness (QED) is 0.441. The Balaban J connectivity index is 1.53. The van der Waals surface area contributed by atoms with E-state index in [1.807, 2.05) is 54.6 Å². The summed E-state index contributed by atoms with van der Waals surface area (Å²) in [6.07, 6.45) is 1.41. The van der Waals surface area contributed by atoms with Gasteiger partial charge in [0.05, 0.1) is 20.4 Å². The van der Waals surface area contributed by atoms with Gasteiger partial charge in [-0.05, 0) is 35.4 Å². The average Bonchev–Trinajstić information content (AvgIpc) is 2.79. The lowest BCUT2D eigenvalue weighted by molar-refractivity contribution is -0.123. The summed E-state index contributed by atoms with van der Waals surface area (Å²) >= 11 is 0. The van der Waals surface area contributed by atoms with Gasteiger partial charge in [0, 0.05) is 5.56 Å². The molecule has 0 aliphatic carbocycles. The van der Waals surface area contributed by atoms with E-state index in [1.165, 1.54) is 20.4 Å². The zero-order chi connectivity index (χ0) is 21.3. The zero-order valence-electron chi connectivity index (χ0n) is 16.7. The minimum atomic E-state index is -0.406. The number of methoxy groups -OCH3 is 2. The Bertz CT molecular complexity index is 993. The Morgan fingerprint density at radius 2 is 1.57 bits per heavy atom. The molecule has 0 spiro atoms. The first kappa shape index (κ1) is 20.7. The van der Waals surface area contributed by atoms with Crippen LogP contribution < -0.4 is 19.6 Å². The highest BCUT2D eigenvalue weighted by atomic mass is 16.5. The van der Waals surface area contributed by atoms with E-state index in [-0.39, 0.29) is 23.9 Å². The van der Waals surface area contributed by atoms with Crippen LogP contribution in [0.15, 0.2) is 71.8 Å². The Morgan fingerprint density at radius 3 is 2.17 bits per heavy atom. The van der Waals surface area contributed by atoms with Crippen molar-refractivity contribution in [2.24, 2.45) is 5.10 Å². The molecule has 3 rings (SSSR count). The standard InChI is InChI=1S/C23H22N2O5/c1-28-20-12-16(13-21(29-2)23(20)27)14-24-25-22(26)15-30-19-10-8-18(9-11-19)17-6-4-3-5-7-17/h3-14,27H,15H2,1-2H3,(H,25,26)/b24-14-. The third-order valence-corrected chi connectivity index (χ3v) is 4.24. The van der Waals surface area contributed by atoms with E-state index in [9.17, 15) is 9.90 Å². The van der Waals surface area contributed by atoms with Crippen molar-refractivity contribution in [1.82, 2.24) is 5.43 Å². The van der Waals surface area contributed by atoms with Crippen molar-refractivity contribution in [3.8, 4) is 34.1 Å². The maximum Gasteiger partial charge on any atom is 0.277 e. The predicted molar refractivity (Wildman–Crippen MR) is 114 cm³/mol. The van der Waals surface area contributed by atoms with Crippen molar-refractivity contribution in [2.45, 2.75) is 0 Å². The fourth-order valence-corrected chi connectivity index (χ4v) is 2.72. The highest BCUT2D eigenvalue weighted by Gasteiger charge is 2.10. The van der Waals surface area contributed by atoms with Crippen LogP contribution in [0.4, 0.5) is 0 Å². The van der Waals surface area contributed by atoms with Gasteiger partial charge in [-0.2, -0.15) is 5.10 Å². The number of phenolic OH excluding ortho intramolecular Hbond substituents is 1. The molecule has 0 aromatic heterocycles. The van der Waals surface area contributed by atoms with E-state index in [0.717, 1.165) is 11.1 Å². The molecule has 154 valence electrons. The van der Waals surface area contributed by atoms with Crippen LogP contribution >= 0.6 is 0 Å². The van der Waals surface area contributed by atoms with Crippen LogP contribution in [0, 0.1) is 0 Å². The number of ether oxygens (including phenoxy) is 3. The molecule has 0 aliphatic rings. The maximum absolute atomic E-state index is 12.0. The Kier molecular flexibility index (Phi) is 6.89. The number of amides is 1. The lowest BCUT2D eigenvalue weighted by Gasteiger charge is -2.09. The molecule has 3 aromatic carbocycles. The van der Waals surface area contributed by atoms with E-state index < -0.39 is 5.91 Å². The molecule has 7 heteroatoms. The van der Waals surface area contributed by atoms with Crippen LogP contribution in [0.1, 0.15) is 5.56 Å². The molecular weight excluding hydrogens is 384 g/mol. The highest BCUT2D eigenvalue weighted by molar-refractivity contribution is 5.84. The lowest BCUT2D eigenvalue weighted by atomic mass is 10.1. The number of hydrazone groups is 1. The second kappa shape index (κ2) is 9.97. The minimum Gasteiger partial charge on any atom is -0.502 e. The number of hydrogen-bond acceptors (Lipinski definition) is 6. The van der Waals surface area contributed by atoms with Gasteiger partial charge in [-0.1, -0.05) is 42.5 Å². The van der Waals surface area contributed by atoms with Gasteiger partial charge in [0.25, 0.3) is 5.91 Å². The first-order valence-corrected chi connectivity index (χ1v) is 9.16. The summed E-state index contributed by atoms with van der Waals surface area (Å²) in [4.78, 5) is 12.0. The van der Waals surface area contributed by atoms with Crippen LogP contribution in [-0.2, 0) is 4.79 Å². The topological polar surface area (TPSA) is 89.4 Å². The van der Waals surface area contributed by atoms with Gasteiger partial charge in [-0.15, -0.1) is 0 Å². The number of aromatic hydroxyl groups is 1. The smallest absolute Gasteiger partial charge is 0.277 e. The molecule has 0 saturated heterocycles. The fourth-order valence-electron chi connectivity index (χ4n) is 2.72. The molecule has 0 unspecified atom stereocenters. The molecule has 0 radical (unpaired) electrons. The Labute approximate surface area is 174 Å². The molecular formula is C23H22N2O5. The van der Waals surface area contributed by atoms with Crippen molar-refractivity contribution >= 4 is 12.1 Å². The summed E-state index contributed by atoms with van der Waals surface area (Å²) in [6, 6.07) is 20.6. The van der Waals surface area contributed by atoms with Crippen LogP contribution in [0.5, 0.6) is 23.0 Å². The lowest BCUT2D eigenvalue weighted by Crippen LogP contribution is -2.24. The van der Waals surface area contributed by atoms with Gasteiger partial charge in [0.2, 0.25) is 5.75 Å². The van der Waals surface area contributed by atoms with E-state index in [2.05, 4.69) is 10.5 Å². The summed E-state index contributed by atoms with van der Waals surface area (Å²) in [5.74, 6) is 0.555. The summed E-state index contributed by atoms with van der Waals surface area (Å²) in [6.45, 7) is -0.176. The van der Waals surface area contributed by atoms with E-state index in [1.54, 1.807) is 12.1 Å². The predicted octanol–water partition coefficient (Wildman–Crippen LogP) is 3.61. The molecule has 30 heavy (non-hydrogen) atoms. The fraction of sp³-hybridized carbons (Fsp3) is 0.130. The van der Waals surface area contributed by atoms with Crippen molar-refractivity contribution in [2.75, 3.05) is 20.8 Å². The van der Waals surface area contributed by atoms with Gasteiger partial charge in [0.1, 0.15) is 5.75 Å².